The van der Waals surface area contributed by atoms with Gasteiger partial charge in [0.15, 0.2) is 5.17 Å². The summed E-state index contributed by atoms with van der Waals surface area (Å²) in [5, 5.41) is 1.80. The van der Waals surface area contributed by atoms with Gasteiger partial charge in [0.2, 0.25) is 0 Å². The van der Waals surface area contributed by atoms with Crippen molar-refractivity contribution in [1.82, 2.24) is 0 Å². The lowest BCUT2D eigenvalue weighted by Gasteiger charge is -2.01. The van der Waals surface area contributed by atoms with Gasteiger partial charge >= 0.3 is 0 Å². The molecule has 0 saturated carbocycles. The van der Waals surface area contributed by atoms with Crippen LogP contribution in [0.4, 0.5) is 0 Å². The predicted molar refractivity (Wildman–Crippen MR) is 65.3 cm³/mol. The number of benzene rings is 1. The second-order valence-electron chi connectivity index (χ2n) is 2.59. The van der Waals surface area contributed by atoms with Gasteiger partial charge in [0.25, 0.3) is 0 Å². The van der Waals surface area contributed by atoms with E-state index in [9.17, 15) is 0 Å². The van der Waals surface area contributed by atoms with Gasteiger partial charge in [0.1, 0.15) is 0 Å². The van der Waals surface area contributed by atoms with E-state index in [4.69, 9.17) is 28.9 Å². The molecule has 5 heteroatoms. The van der Waals surface area contributed by atoms with Crippen LogP contribution in [0, 0.1) is 0 Å². The van der Waals surface area contributed by atoms with Crippen LogP contribution in [0.3, 0.4) is 0 Å². The lowest BCUT2D eigenvalue weighted by Crippen LogP contribution is -2.05. The summed E-state index contributed by atoms with van der Waals surface area (Å²) in [6.45, 7) is 0.489. The second-order valence-corrected chi connectivity index (χ2v) is 4.26. The molecule has 0 unspecified atom stereocenters. The van der Waals surface area contributed by atoms with E-state index >= 15 is 0 Å². The number of hydrogen-bond acceptors (Lipinski definition) is 2. The third-order valence-electron chi connectivity index (χ3n) is 1.63. The van der Waals surface area contributed by atoms with E-state index in [2.05, 4.69) is 4.99 Å². The zero-order valence-electron chi connectivity index (χ0n) is 7.63. The van der Waals surface area contributed by atoms with Crippen molar-refractivity contribution in [2.75, 3.05) is 6.26 Å². The molecule has 1 aromatic carbocycles. The Labute approximate surface area is 97.5 Å². The van der Waals surface area contributed by atoms with Gasteiger partial charge in [-0.2, -0.15) is 0 Å². The van der Waals surface area contributed by atoms with Crippen molar-refractivity contribution in [3.05, 3.63) is 33.8 Å². The van der Waals surface area contributed by atoms with Gasteiger partial charge in [-0.15, -0.1) is 0 Å². The quantitative estimate of drug-likeness (QED) is 0.645. The van der Waals surface area contributed by atoms with E-state index in [1.54, 1.807) is 12.1 Å². The number of rotatable bonds is 2. The van der Waals surface area contributed by atoms with E-state index < -0.39 is 0 Å². The third kappa shape index (κ3) is 3.40. The maximum absolute atomic E-state index is 5.95. The monoisotopic (exact) mass is 248 g/mol. The van der Waals surface area contributed by atoms with Crippen LogP contribution in [0.15, 0.2) is 23.2 Å². The molecule has 76 valence electrons. The van der Waals surface area contributed by atoms with Crippen molar-refractivity contribution in [3.63, 3.8) is 0 Å². The first kappa shape index (κ1) is 11.7. The number of thioether (sulfide) groups is 1. The van der Waals surface area contributed by atoms with Crippen molar-refractivity contribution in [1.29, 1.82) is 0 Å². The summed E-state index contributed by atoms with van der Waals surface area (Å²) < 4.78 is 0. The fraction of sp³-hybridized carbons (Fsp3) is 0.222. The van der Waals surface area contributed by atoms with Gasteiger partial charge in [-0.1, -0.05) is 41.0 Å². The van der Waals surface area contributed by atoms with Gasteiger partial charge < -0.3 is 5.73 Å². The summed E-state index contributed by atoms with van der Waals surface area (Å²) in [4.78, 5) is 4.13. The zero-order valence-corrected chi connectivity index (χ0v) is 9.96. The van der Waals surface area contributed by atoms with Crippen molar-refractivity contribution in [3.8, 4) is 0 Å². The molecule has 14 heavy (non-hydrogen) atoms. The molecule has 0 aliphatic rings. The lowest BCUT2D eigenvalue weighted by molar-refractivity contribution is 1.07. The topological polar surface area (TPSA) is 38.4 Å². The van der Waals surface area contributed by atoms with E-state index in [1.807, 2.05) is 12.3 Å². The fourth-order valence-electron chi connectivity index (χ4n) is 0.878. The molecule has 0 heterocycles. The summed E-state index contributed by atoms with van der Waals surface area (Å²) >= 11 is 13.1. The maximum atomic E-state index is 5.95. The Bertz CT molecular complexity index is 353. The molecule has 2 nitrogen and oxygen atoms in total. The number of hydrogen-bond donors (Lipinski definition) is 1. The number of aliphatic imine (C=N–C) groups is 1. The highest BCUT2D eigenvalue weighted by Crippen LogP contribution is 2.21. The average molecular weight is 249 g/mol. The van der Waals surface area contributed by atoms with E-state index in [1.165, 1.54) is 11.8 Å². The van der Waals surface area contributed by atoms with Crippen LogP contribution >= 0.6 is 35.0 Å². The average Bonchev–Trinajstić information content (AvgIpc) is 2.16. The van der Waals surface area contributed by atoms with Crippen molar-refractivity contribution in [2.24, 2.45) is 10.7 Å². The summed E-state index contributed by atoms with van der Waals surface area (Å²) in [6.07, 6.45) is 1.88. The molecular formula is C9H10Cl2N2S. The minimum atomic E-state index is 0.489. The van der Waals surface area contributed by atoms with Crippen LogP contribution in [0.1, 0.15) is 5.56 Å². The minimum Gasteiger partial charge on any atom is -0.379 e. The summed E-state index contributed by atoms with van der Waals surface area (Å²) in [5.74, 6) is 0. The molecule has 2 N–H and O–H groups in total. The number of halogens is 2. The molecule has 1 rings (SSSR count). The first-order chi connectivity index (χ1) is 6.63. The van der Waals surface area contributed by atoms with E-state index in [-0.39, 0.29) is 0 Å². The predicted octanol–water partition coefficient (Wildman–Crippen LogP) is 3.17. The van der Waals surface area contributed by atoms with Crippen LogP contribution in [0.25, 0.3) is 0 Å². The van der Waals surface area contributed by atoms with Gasteiger partial charge in [-0.3, -0.25) is 4.99 Å². The van der Waals surface area contributed by atoms with Crippen LogP contribution < -0.4 is 5.73 Å². The SMILES string of the molecule is CSC(N)=NCc1ccc(Cl)cc1Cl. The Morgan fingerprint density at radius 1 is 1.50 bits per heavy atom. The highest BCUT2D eigenvalue weighted by molar-refractivity contribution is 8.13. The normalized spacial score (nSPS) is 11.8. The van der Waals surface area contributed by atoms with E-state index in [0.717, 1.165) is 5.56 Å². The fourth-order valence-corrected chi connectivity index (χ4v) is 1.54. The Morgan fingerprint density at radius 2 is 2.21 bits per heavy atom. The first-order valence-electron chi connectivity index (χ1n) is 3.91. The molecule has 0 bridgehead atoms. The van der Waals surface area contributed by atoms with Crippen molar-refractivity contribution < 1.29 is 0 Å². The lowest BCUT2D eigenvalue weighted by atomic mass is 10.2. The molecule has 0 saturated heterocycles. The molecule has 0 aliphatic carbocycles. The molecule has 0 atom stereocenters. The summed E-state index contributed by atoms with van der Waals surface area (Å²) in [5.41, 5.74) is 6.47. The Morgan fingerprint density at radius 3 is 2.79 bits per heavy atom. The smallest absolute Gasteiger partial charge is 0.153 e. The summed E-state index contributed by atoms with van der Waals surface area (Å²) in [6, 6.07) is 5.33. The molecular weight excluding hydrogens is 239 g/mol. The highest BCUT2D eigenvalue weighted by atomic mass is 35.5. The van der Waals surface area contributed by atoms with Crippen LogP contribution in [0.5, 0.6) is 0 Å². The molecule has 0 radical (unpaired) electrons. The van der Waals surface area contributed by atoms with Crippen molar-refractivity contribution in [2.45, 2.75) is 6.54 Å². The number of nitrogens with two attached hydrogens (primary N) is 1. The number of amidine groups is 1. The zero-order chi connectivity index (χ0) is 10.6. The van der Waals surface area contributed by atoms with Gasteiger partial charge in [-0.25, -0.2) is 0 Å². The third-order valence-corrected chi connectivity index (χ3v) is 2.76. The van der Waals surface area contributed by atoms with Crippen LogP contribution in [-0.4, -0.2) is 11.4 Å². The van der Waals surface area contributed by atoms with E-state index in [0.29, 0.717) is 21.8 Å². The van der Waals surface area contributed by atoms with Gasteiger partial charge in [0.05, 0.1) is 6.54 Å². The minimum absolute atomic E-state index is 0.489. The Hall–Kier alpha value is -0.380. The van der Waals surface area contributed by atoms with Crippen molar-refractivity contribution >= 4 is 40.1 Å². The van der Waals surface area contributed by atoms with Gasteiger partial charge in [0, 0.05) is 10.0 Å². The van der Waals surface area contributed by atoms with Crippen LogP contribution in [0.2, 0.25) is 10.0 Å². The second kappa shape index (κ2) is 5.49. The van der Waals surface area contributed by atoms with Crippen LogP contribution in [-0.2, 0) is 6.54 Å². The molecule has 0 aromatic heterocycles. The molecule has 0 fully saturated rings. The standard InChI is InChI=1S/C9H10Cl2N2S/c1-14-9(12)13-5-6-2-3-7(10)4-8(6)11/h2-4H,5H2,1H3,(H2,12,13). The molecule has 0 spiro atoms. The van der Waals surface area contributed by atoms with Gasteiger partial charge in [-0.05, 0) is 24.0 Å². The molecule has 0 amide bonds. The summed E-state index contributed by atoms with van der Waals surface area (Å²) in [7, 11) is 0. The first-order valence-corrected chi connectivity index (χ1v) is 5.89. The Kier molecular flexibility index (Phi) is 4.58. The highest BCUT2D eigenvalue weighted by Gasteiger charge is 2.00. The Balaban J connectivity index is 2.77. The molecule has 1 aromatic rings. The maximum Gasteiger partial charge on any atom is 0.153 e. The molecule has 0 aliphatic heterocycles. The number of nitrogens with zero attached hydrogens (tertiary/aromatic N) is 1. The largest absolute Gasteiger partial charge is 0.379 e.